The van der Waals surface area contributed by atoms with E-state index in [0.717, 1.165) is 26.7 Å². The summed E-state index contributed by atoms with van der Waals surface area (Å²) in [5, 5.41) is 0.621. The second-order valence-electron chi connectivity index (χ2n) is 4.50. The molecule has 3 aromatic rings. The highest BCUT2D eigenvalue weighted by molar-refractivity contribution is 9.10. The molecule has 0 aliphatic carbocycles. The number of halogens is 2. The topological polar surface area (TPSA) is 26.0 Å². The Morgan fingerprint density at radius 1 is 1.16 bits per heavy atom. The molecule has 0 spiro atoms. The summed E-state index contributed by atoms with van der Waals surface area (Å²) < 4.78 is 6.81. The van der Waals surface area contributed by atoms with Crippen LogP contribution in [0.4, 0.5) is 0 Å². The molecule has 0 saturated heterocycles. The maximum absolute atomic E-state index is 6.23. The normalized spacial score (nSPS) is 11.2. The van der Waals surface area contributed by atoms with Crippen molar-refractivity contribution in [3.05, 3.63) is 51.0 Å². The van der Waals surface area contributed by atoms with Crippen molar-refractivity contribution >= 4 is 38.6 Å². The van der Waals surface area contributed by atoms with Crippen molar-refractivity contribution in [3.63, 3.8) is 0 Å². The lowest BCUT2D eigenvalue weighted by molar-refractivity contribution is 0.617. The van der Waals surface area contributed by atoms with Gasteiger partial charge in [-0.3, -0.25) is 0 Å². The molecular weight excluding hydrogens is 326 g/mol. The molecule has 0 aliphatic rings. The van der Waals surface area contributed by atoms with E-state index in [2.05, 4.69) is 27.8 Å². The number of fused-ring (bicyclic) bond motifs is 1. The standard InChI is InChI=1S/C15H11BrClNO/c1-8-3-6-13-14(9(8)2)19-15(18-13)11-5-4-10(16)7-12(11)17/h3-7H,1-2H3. The summed E-state index contributed by atoms with van der Waals surface area (Å²) in [5.74, 6) is 0.557. The van der Waals surface area contributed by atoms with E-state index < -0.39 is 0 Å². The molecule has 3 rings (SSSR count). The van der Waals surface area contributed by atoms with Crippen LogP contribution in [0.3, 0.4) is 0 Å². The highest BCUT2D eigenvalue weighted by Crippen LogP contribution is 2.33. The van der Waals surface area contributed by atoms with Gasteiger partial charge in [-0.2, -0.15) is 0 Å². The van der Waals surface area contributed by atoms with Crippen molar-refractivity contribution in [2.45, 2.75) is 13.8 Å². The Labute approximate surface area is 124 Å². The van der Waals surface area contributed by atoms with Crippen LogP contribution in [0.15, 0.2) is 39.2 Å². The summed E-state index contributed by atoms with van der Waals surface area (Å²) in [6.07, 6.45) is 0. The predicted molar refractivity (Wildman–Crippen MR) is 81.6 cm³/mol. The van der Waals surface area contributed by atoms with Crippen LogP contribution in [0.1, 0.15) is 11.1 Å². The molecular formula is C15H11BrClNO. The van der Waals surface area contributed by atoms with Gasteiger partial charge in [0, 0.05) is 4.47 Å². The Bertz CT molecular complexity index is 779. The molecule has 0 bridgehead atoms. The Morgan fingerprint density at radius 2 is 1.95 bits per heavy atom. The third-order valence-electron chi connectivity index (χ3n) is 3.24. The van der Waals surface area contributed by atoms with E-state index in [0.29, 0.717) is 10.9 Å². The summed E-state index contributed by atoms with van der Waals surface area (Å²) in [7, 11) is 0. The van der Waals surface area contributed by atoms with Crippen LogP contribution in [0.25, 0.3) is 22.6 Å². The predicted octanol–water partition coefficient (Wildman–Crippen LogP) is 5.53. The number of oxazole rings is 1. The Morgan fingerprint density at radius 3 is 2.68 bits per heavy atom. The molecule has 2 aromatic carbocycles. The molecule has 1 heterocycles. The third-order valence-corrected chi connectivity index (χ3v) is 4.04. The maximum atomic E-state index is 6.23. The summed E-state index contributed by atoms with van der Waals surface area (Å²) in [6, 6.07) is 9.68. The van der Waals surface area contributed by atoms with Gasteiger partial charge in [-0.05, 0) is 49.2 Å². The molecule has 2 nitrogen and oxygen atoms in total. The number of hydrogen-bond donors (Lipinski definition) is 0. The Kier molecular flexibility index (Phi) is 3.11. The first-order chi connectivity index (χ1) is 9.06. The van der Waals surface area contributed by atoms with Gasteiger partial charge in [0.05, 0.1) is 10.6 Å². The van der Waals surface area contributed by atoms with Crippen LogP contribution in [0.5, 0.6) is 0 Å². The lowest BCUT2D eigenvalue weighted by Crippen LogP contribution is -1.80. The van der Waals surface area contributed by atoms with Crippen molar-refractivity contribution in [1.82, 2.24) is 4.98 Å². The van der Waals surface area contributed by atoms with Gasteiger partial charge in [0.25, 0.3) is 0 Å². The molecule has 19 heavy (non-hydrogen) atoms. The first-order valence-electron chi connectivity index (χ1n) is 5.88. The fraction of sp³-hybridized carbons (Fsp3) is 0.133. The van der Waals surface area contributed by atoms with Crippen LogP contribution < -0.4 is 0 Å². The second-order valence-corrected chi connectivity index (χ2v) is 5.82. The van der Waals surface area contributed by atoms with Gasteiger partial charge in [-0.25, -0.2) is 4.98 Å². The average molecular weight is 337 g/mol. The second kappa shape index (κ2) is 4.66. The molecule has 0 radical (unpaired) electrons. The van der Waals surface area contributed by atoms with Gasteiger partial charge in [-0.15, -0.1) is 0 Å². The number of aromatic nitrogens is 1. The number of nitrogens with zero attached hydrogens (tertiary/aromatic N) is 1. The van der Waals surface area contributed by atoms with Gasteiger partial charge in [-0.1, -0.05) is 33.6 Å². The van der Waals surface area contributed by atoms with E-state index in [1.165, 1.54) is 5.56 Å². The third kappa shape index (κ3) is 2.17. The summed E-state index contributed by atoms with van der Waals surface area (Å²) in [5.41, 5.74) is 4.80. The molecule has 1 aromatic heterocycles. The maximum Gasteiger partial charge on any atom is 0.228 e. The fourth-order valence-corrected chi connectivity index (χ4v) is 2.75. The summed E-state index contributed by atoms with van der Waals surface area (Å²) >= 11 is 9.62. The SMILES string of the molecule is Cc1ccc2nc(-c3ccc(Br)cc3Cl)oc2c1C. The average Bonchev–Trinajstić information content (AvgIpc) is 2.78. The van der Waals surface area contributed by atoms with E-state index in [-0.39, 0.29) is 0 Å². The van der Waals surface area contributed by atoms with E-state index in [1.807, 2.05) is 37.3 Å². The quantitative estimate of drug-likeness (QED) is 0.584. The highest BCUT2D eigenvalue weighted by Gasteiger charge is 2.13. The minimum atomic E-state index is 0.557. The first kappa shape index (κ1) is 12.7. The molecule has 96 valence electrons. The molecule has 0 amide bonds. The first-order valence-corrected chi connectivity index (χ1v) is 7.05. The van der Waals surface area contributed by atoms with Crippen molar-refractivity contribution in [1.29, 1.82) is 0 Å². The number of hydrogen-bond acceptors (Lipinski definition) is 2. The molecule has 0 saturated carbocycles. The van der Waals surface area contributed by atoms with Gasteiger partial charge in [0.2, 0.25) is 5.89 Å². The van der Waals surface area contributed by atoms with Crippen LogP contribution >= 0.6 is 27.5 Å². The van der Waals surface area contributed by atoms with E-state index >= 15 is 0 Å². The molecule has 4 heteroatoms. The molecule has 0 unspecified atom stereocenters. The minimum Gasteiger partial charge on any atom is -0.436 e. The number of rotatable bonds is 1. The minimum absolute atomic E-state index is 0.557. The van der Waals surface area contributed by atoms with Gasteiger partial charge in [0.15, 0.2) is 5.58 Å². The zero-order chi connectivity index (χ0) is 13.6. The Balaban J connectivity index is 2.23. The van der Waals surface area contributed by atoms with Crippen LogP contribution in [0.2, 0.25) is 5.02 Å². The zero-order valence-corrected chi connectivity index (χ0v) is 12.8. The van der Waals surface area contributed by atoms with Crippen molar-refractivity contribution in [3.8, 4) is 11.5 Å². The molecule has 0 aliphatic heterocycles. The molecule has 0 atom stereocenters. The van der Waals surface area contributed by atoms with Gasteiger partial charge >= 0.3 is 0 Å². The largest absolute Gasteiger partial charge is 0.436 e. The molecule has 0 N–H and O–H groups in total. The zero-order valence-electron chi connectivity index (χ0n) is 10.5. The van der Waals surface area contributed by atoms with Crippen LogP contribution in [-0.2, 0) is 0 Å². The number of benzene rings is 2. The van der Waals surface area contributed by atoms with Crippen LogP contribution in [-0.4, -0.2) is 4.98 Å². The monoisotopic (exact) mass is 335 g/mol. The van der Waals surface area contributed by atoms with Crippen molar-refractivity contribution < 1.29 is 4.42 Å². The summed E-state index contributed by atoms with van der Waals surface area (Å²) in [4.78, 5) is 4.51. The van der Waals surface area contributed by atoms with Gasteiger partial charge in [0.1, 0.15) is 5.52 Å². The lowest BCUT2D eigenvalue weighted by atomic mass is 10.1. The van der Waals surface area contributed by atoms with Crippen LogP contribution in [0, 0.1) is 13.8 Å². The van der Waals surface area contributed by atoms with Gasteiger partial charge < -0.3 is 4.42 Å². The Hall–Kier alpha value is -1.32. The fourth-order valence-electron chi connectivity index (χ4n) is 2.00. The van der Waals surface area contributed by atoms with E-state index in [4.69, 9.17) is 16.0 Å². The summed E-state index contributed by atoms with van der Waals surface area (Å²) in [6.45, 7) is 4.10. The van der Waals surface area contributed by atoms with E-state index in [1.54, 1.807) is 0 Å². The molecule has 0 fully saturated rings. The van der Waals surface area contributed by atoms with Crippen molar-refractivity contribution in [2.24, 2.45) is 0 Å². The smallest absolute Gasteiger partial charge is 0.228 e. The highest BCUT2D eigenvalue weighted by atomic mass is 79.9. The number of aryl methyl sites for hydroxylation is 2. The van der Waals surface area contributed by atoms with Crippen molar-refractivity contribution in [2.75, 3.05) is 0 Å². The van der Waals surface area contributed by atoms with E-state index in [9.17, 15) is 0 Å². The lowest BCUT2D eigenvalue weighted by Gasteiger charge is -2.00.